The molecule has 4 aliphatic heterocycles. The number of nitrogens with zero attached hydrogens (tertiary/aromatic N) is 5. The maximum atomic E-state index is 16.9. The largest absolute Gasteiger partial charge is 0.508 e. The van der Waals surface area contributed by atoms with Crippen LogP contribution in [0.4, 0.5) is 14.6 Å². The van der Waals surface area contributed by atoms with Gasteiger partial charge < -0.3 is 20.1 Å². The van der Waals surface area contributed by atoms with Crippen molar-refractivity contribution in [2.24, 2.45) is 0 Å². The molecule has 8 rings (SSSR count). The first-order valence-corrected chi connectivity index (χ1v) is 15.1. The van der Waals surface area contributed by atoms with Crippen molar-refractivity contribution in [2.45, 2.75) is 50.1 Å². The average Bonchev–Trinajstić information content (AvgIpc) is 3.56. The van der Waals surface area contributed by atoms with Crippen LogP contribution in [0.1, 0.15) is 43.4 Å². The van der Waals surface area contributed by atoms with Crippen LogP contribution in [-0.2, 0) is 6.42 Å². The molecule has 0 unspecified atom stereocenters. The van der Waals surface area contributed by atoms with Gasteiger partial charge in [0.1, 0.15) is 35.2 Å². The van der Waals surface area contributed by atoms with Crippen LogP contribution in [0.25, 0.3) is 32.9 Å². The number of ether oxygens (including phenoxy) is 1. The van der Waals surface area contributed by atoms with Gasteiger partial charge in [-0.2, -0.15) is 9.97 Å². The van der Waals surface area contributed by atoms with E-state index in [2.05, 4.69) is 21.0 Å². The Morgan fingerprint density at radius 1 is 1.09 bits per heavy atom. The van der Waals surface area contributed by atoms with E-state index in [-0.39, 0.29) is 45.7 Å². The van der Waals surface area contributed by atoms with E-state index in [0.717, 1.165) is 64.8 Å². The van der Waals surface area contributed by atoms with E-state index in [1.165, 1.54) is 24.3 Å². The number of phenols is 1. The SMILES string of the molecule is C#Cc1c(F)ccc2cc(O)cc(-c3nc4c5c(nc(OCC67CCCN6CCC7)nc5c3F)N3CCNC[C@H]3CC4)c12. The van der Waals surface area contributed by atoms with Crippen LogP contribution in [-0.4, -0.2) is 75.9 Å². The van der Waals surface area contributed by atoms with Gasteiger partial charge in [-0.3, -0.25) is 4.90 Å². The van der Waals surface area contributed by atoms with Gasteiger partial charge in [-0.05, 0) is 75.2 Å². The standard InChI is InChI=1S/C33H32F2N6O2/c1-2-22-24(34)7-5-19-15-21(42)16-23(26(19)22)29-28(35)30-27-25(37-29)8-6-20-17-36-11-14-41(20)31(27)39-32(38-30)43-18-33-9-3-12-40(33)13-4-10-33/h1,5,7,15-16,20,36,42H,3-4,6,8-14,17-18H2/t20-/m1/s1. The Kier molecular flexibility index (Phi) is 6.17. The van der Waals surface area contributed by atoms with E-state index in [4.69, 9.17) is 26.1 Å². The van der Waals surface area contributed by atoms with Gasteiger partial charge in [0.05, 0.1) is 22.2 Å². The number of aromatic nitrogens is 3. The monoisotopic (exact) mass is 582 g/mol. The number of anilines is 1. The van der Waals surface area contributed by atoms with Crippen LogP contribution in [0.5, 0.6) is 11.8 Å². The van der Waals surface area contributed by atoms with Gasteiger partial charge in [-0.1, -0.05) is 12.0 Å². The Morgan fingerprint density at radius 2 is 1.93 bits per heavy atom. The third-order valence-electron chi connectivity index (χ3n) is 9.89. The smallest absolute Gasteiger partial charge is 0.319 e. The summed E-state index contributed by atoms with van der Waals surface area (Å²) in [5.74, 6) is 1.68. The van der Waals surface area contributed by atoms with Crippen LogP contribution < -0.4 is 15.0 Å². The number of rotatable bonds is 4. The normalized spacial score (nSPS) is 21.0. The van der Waals surface area contributed by atoms with Crippen molar-refractivity contribution in [3.8, 4) is 35.4 Å². The van der Waals surface area contributed by atoms with E-state index in [1.54, 1.807) is 0 Å². The van der Waals surface area contributed by atoms with Gasteiger partial charge in [-0.15, -0.1) is 6.42 Å². The van der Waals surface area contributed by atoms with Gasteiger partial charge in [0.2, 0.25) is 0 Å². The molecule has 0 aliphatic carbocycles. The first-order chi connectivity index (χ1) is 21.0. The molecule has 0 saturated carbocycles. The molecule has 2 aromatic carbocycles. The molecule has 2 aromatic heterocycles. The van der Waals surface area contributed by atoms with Crippen molar-refractivity contribution < 1.29 is 18.6 Å². The van der Waals surface area contributed by atoms with E-state index in [0.29, 0.717) is 40.7 Å². The van der Waals surface area contributed by atoms with Gasteiger partial charge in [-0.25, -0.2) is 13.8 Å². The predicted molar refractivity (Wildman–Crippen MR) is 160 cm³/mol. The summed E-state index contributed by atoms with van der Waals surface area (Å²) in [7, 11) is 0. The van der Waals surface area contributed by atoms with E-state index >= 15 is 4.39 Å². The summed E-state index contributed by atoms with van der Waals surface area (Å²) in [6.45, 7) is 4.89. The van der Waals surface area contributed by atoms with Crippen molar-refractivity contribution in [3.05, 3.63) is 47.2 Å². The summed E-state index contributed by atoms with van der Waals surface area (Å²) in [6, 6.07) is 5.95. The maximum absolute atomic E-state index is 16.9. The van der Waals surface area contributed by atoms with E-state index < -0.39 is 11.6 Å². The zero-order chi connectivity index (χ0) is 29.3. The number of nitrogens with one attached hydrogen (secondary N) is 1. The molecule has 8 nitrogen and oxygen atoms in total. The van der Waals surface area contributed by atoms with E-state index in [9.17, 15) is 9.50 Å². The highest BCUT2D eigenvalue weighted by atomic mass is 19.1. The molecule has 0 radical (unpaired) electrons. The Labute approximate surface area is 248 Å². The number of fused-ring (bicyclic) bond motifs is 4. The molecular formula is C33H32F2N6O2. The summed E-state index contributed by atoms with van der Waals surface area (Å²) in [5, 5.41) is 15.5. The zero-order valence-corrected chi connectivity index (χ0v) is 23.8. The molecule has 0 bridgehead atoms. The average molecular weight is 583 g/mol. The molecule has 0 amide bonds. The van der Waals surface area contributed by atoms with Crippen molar-refractivity contribution >= 4 is 27.5 Å². The Morgan fingerprint density at radius 3 is 2.74 bits per heavy atom. The molecular weight excluding hydrogens is 550 g/mol. The predicted octanol–water partition coefficient (Wildman–Crippen LogP) is 4.54. The fourth-order valence-corrected chi connectivity index (χ4v) is 7.85. The number of phenolic OH excluding ortho intramolecular Hbond substituents is 1. The first kappa shape index (κ1) is 26.5. The number of terminal acetylenes is 1. The number of halogens is 2. The molecule has 4 aliphatic rings. The second-order valence-electron chi connectivity index (χ2n) is 12.2. The number of benzene rings is 2. The second kappa shape index (κ2) is 10.00. The number of hydrogen-bond acceptors (Lipinski definition) is 8. The van der Waals surface area contributed by atoms with Crippen molar-refractivity contribution in [1.29, 1.82) is 0 Å². The Bertz CT molecular complexity index is 1830. The van der Waals surface area contributed by atoms with Crippen molar-refractivity contribution in [2.75, 3.05) is 44.2 Å². The lowest BCUT2D eigenvalue weighted by Gasteiger charge is -2.36. The molecule has 43 heavy (non-hydrogen) atoms. The Balaban J connectivity index is 1.34. The number of hydrogen-bond donors (Lipinski definition) is 2. The number of aromatic hydroxyl groups is 1. The minimum absolute atomic E-state index is 0.00722. The molecule has 10 heteroatoms. The highest BCUT2D eigenvalue weighted by Crippen LogP contribution is 2.43. The summed E-state index contributed by atoms with van der Waals surface area (Å²) in [4.78, 5) is 19.2. The fourth-order valence-electron chi connectivity index (χ4n) is 7.85. The molecule has 3 saturated heterocycles. The van der Waals surface area contributed by atoms with Crippen molar-refractivity contribution in [3.63, 3.8) is 0 Å². The molecule has 0 spiro atoms. The van der Waals surface area contributed by atoms with Crippen LogP contribution >= 0.6 is 0 Å². The maximum Gasteiger partial charge on any atom is 0.319 e. The molecule has 220 valence electrons. The molecule has 4 aromatic rings. The lowest BCUT2D eigenvalue weighted by atomic mass is 9.95. The number of pyridine rings is 1. The summed E-state index contributed by atoms with van der Waals surface area (Å²) >= 11 is 0. The summed E-state index contributed by atoms with van der Waals surface area (Å²) in [5.41, 5.74) is 0.932. The van der Waals surface area contributed by atoms with Crippen LogP contribution in [0.3, 0.4) is 0 Å². The highest BCUT2D eigenvalue weighted by Gasteiger charge is 2.45. The lowest BCUT2D eigenvalue weighted by molar-refractivity contribution is 0.108. The number of piperazine rings is 1. The second-order valence-corrected chi connectivity index (χ2v) is 12.2. The lowest BCUT2D eigenvalue weighted by Crippen LogP contribution is -2.51. The van der Waals surface area contributed by atoms with Crippen LogP contribution in [0, 0.1) is 24.0 Å². The first-order valence-electron chi connectivity index (χ1n) is 15.1. The summed E-state index contributed by atoms with van der Waals surface area (Å²) < 4.78 is 38.1. The van der Waals surface area contributed by atoms with Gasteiger partial charge in [0.25, 0.3) is 0 Å². The fraction of sp³-hybridized carbons (Fsp3) is 0.424. The van der Waals surface area contributed by atoms with E-state index in [1.807, 2.05) is 0 Å². The molecule has 6 heterocycles. The zero-order valence-electron chi connectivity index (χ0n) is 23.8. The summed E-state index contributed by atoms with van der Waals surface area (Å²) in [6.07, 6.45) is 11.5. The molecule has 3 fully saturated rings. The van der Waals surface area contributed by atoms with Gasteiger partial charge >= 0.3 is 6.01 Å². The third-order valence-corrected chi connectivity index (χ3v) is 9.89. The quantitative estimate of drug-likeness (QED) is 0.340. The molecule has 2 N–H and O–H groups in total. The minimum atomic E-state index is -0.679. The van der Waals surface area contributed by atoms with Crippen molar-refractivity contribution in [1.82, 2.24) is 25.2 Å². The molecule has 1 atom stereocenters. The topological polar surface area (TPSA) is 86.6 Å². The highest BCUT2D eigenvalue weighted by molar-refractivity contribution is 6.03. The van der Waals surface area contributed by atoms with Gasteiger partial charge in [0, 0.05) is 36.6 Å². The van der Waals surface area contributed by atoms with Gasteiger partial charge in [0.15, 0.2) is 5.82 Å². The third kappa shape index (κ3) is 4.13. The minimum Gasteiger partial charge on any atom is -0.508 e. The van der Waals surface area contributed by atoms with Crippen LogP contribution in [0.15, 0.2) is 24.3 Å². The van der Waals surface area contributed by atoms with Crippen LogP contribution in [0.2, 0.25) is 0 Å². The number of aryl methyl sites for hydroxylation is 1. The Hall–Kier alpha value is -4.07.